The summed E-state index contributed by atoms with van der Waals surface area (Å²) in [5.74, 6) is 1.26. The molecule has 0 aliphatic carbocycles. The van der Waals surface area contributed by atoms with E-state index in [1.165, 1.54) is 0 Å². The van der Waals surface area contributed by atoms with Crippen molar-refractivity contribution in [2.45, 2.75) is 19.9 Å². The van der Waals surface area contributed by atoms with Gasteiger partial charge in [0.05, 0.1) is 14.6 Å². The summed E-state index contributed by atoms with van der Waals surface area (Å²) in [5, 5.41) is 0. The van der Waals surface area contributed by atoms with Crippen LogP contribution in [0.15, 0.2) is 12.1 Å². The molecule has 5 heteroatoms. The summed E-state index contributed by atoms with van der Waals surface area (Å²) in [6.07, 6.45) is 0.711. The van der Waals surface area contributed by atoms with Gasteiger partial charge in [0.15, 0.2) is 0 Å². The van der Waals surface area contributed by atoms with Crippen LogP contribution in [0.5, 0.6) is 0 Å². The third kappa shape index (κ3) is 2.05. The second-order valence-corrected chi connectivity index (χ2v) is 5.01. The first-order valence-corrected chi connectivity index (χ1v) is 6.68. The lowest BCUT2D eigenvalue weighted by Crippen LogP contribution is -2.02. The summed E-state index contributed by atoms with van der Waals surface area (Å²) in [5.41, 5.74) is 1.69. The van der Waals surface area contributed by atoms with Crippen molar-refractivity contribution in [1.29, 1.82) is 0 Å². The third-order valence-corrected chi connectivity index (χ3v) is 3.52. The molecule has 0 unspecified atom stereocenters. The van der Waals surface area contributed by atoms with Crippen LogP contribution in [-0.4, -0.2) is 15.4 Å². The predicted octanol–water partition coefficient (Wildman–Crippen LogP) is 3.58. The molecular formula is C11H11ClFIN2. The predicted molar refractivity (Wildman–Crippen MR) is 72.5 cm³/mol. The van der Waals surface area contributed by atoms with Crippen LogP contribution in [0.2, 0.25) is 0 Å². The Morgan fingerprint density at radius 3 is 2.88 bits per heavy atom. The molecule has 0 fully saturated rings. The molecule has 0 N–H and O–H groups in total. The number of nitrogens with zero attached hydrogens (tertiary/aromatic N) is 2. The fourth-order valence-corrected chi connectivity index (χ4v) is 2.42. The molecule has 0 radical (unpaired) electrons. The summed E-state index contributed by atoms with van der Waals surface area (Å²) < 4.78 is 16.1. The highest BCUT2D eigenvalue weighted by Gasteiger charge is 2.11. The Bertz CT molecular complexity index is 524. The van der Waals surface area contributed by atoms with Crippen LogP contribution < -0.4 is 0 Å². The summed E-state index contributed by atoms with van der Waals surface area (Å²) in [6, 6.07) is 3.32. The van der Waals surface area contributed by atoms with Gasteiger partial charge in [-0.05, 0) is 35.6 Å². The highest BCUT2D eigenvalue weighted by Crippen LogP contribution is 2.22. The Morgan fingerprint density at radius 1 is 1.50 bits per heavy atom. The van der Waals surface area contributed by atoms with E-state index in [-0.39, 0.29) is 5.82 Å². The topological polar surface area (TPSA) is 17.8 Å². The van der Waals surface area contributed by atoms with Crippen LogP contribution >= 0.6 is 34.2 Å². The summed E-state index contributed by atoms with van der Waals surface area (Å²) >= 11 is 7.70. The lowest BCUT2D eigenvalue weighted by molar-refractivity contribution is 0.620. The second-order valence-electron chi connectivity index (χ2n) is 3.47. The van der Waals surface area contributed by atoms with Gasteiger partial charge < -0.3 is 4.57 Å². The van der Waals surface area contributed by atoms with Gasteiger partial charge in [0.25, 0.3) is 0 Å². The monoisotopic (exact) mass is 352 g/mol. The zero-order chi connectivity index (χ0) is 11.7. The molecule has 2 aromatic rings. The van der Waals surface area contributed by atoms with Gasteiger partial charge in [-0.25, -0.2) is 9.37 Å². The van der Waals surface area contributed by atoms with Crippen molar-refractivity contribution in [3.05, 3.63) is 27.3 Å². The number of fused-ring (bicyclic) bond motifs is 1. The molecule has 0 saturated carbocycles. The van der Waals surface area contributed by atoms with Gasteiger partial charge in [-0.2, -0.15) is 0 Å². The Morgan fingerprint density at radius 2 is 2.25 bits per heavy atom. The van der Waals surface area contributed by atoms with Crippen molar-refractivity contribution in [2.24, 2.45) is 0 Å². The van der Waals surface area contributed by atoms with Crippen molar-refractivity contribution >= 4 is 45.2 Å². The van der Waals surface area contributed by atoms with E-state index in [2.05, 4.69) is 4.98 Å². The van der Waals surface area contributed by atoms with Gasteiger partial charge in [0, 0.05) is 24.9 Å². The average molecular weight is 353 g/mol. The molecule has 1 heterocycles. The molecule has 1 aromatic heterocycles. The number of aryl methyl sites for hydroxylation is 2. The summed E-state index contributed by atoms with van der Waals surface area (Å²) in [6.45, 7) is 2.80. The van der Waals surface area contributed by atoms with Crippen molar-refractivity contribution in [1.82, 2.24) is 9.55 Å². The maximum absolute atomic E-state index is 13.5. The number of benzene rings is 1. The van der Waals surface area contributed by atoms with Gasteiger partial charge in [-0.3, -0.25) is 0 Å². The molecule has 0 spiro atoms. The molecule has 86 valence electrons. The smallest absolute Gasteiger partial charge is 0.138 e. The van der Waals surface area contributed by atoms with Crippen LogP contribution in [0, 0.1) is 9.39 Å². The Kier molecular flexibility index (Phi) is 3.69. The fraction of sp³-hybridized carbons (Fsp3) is 0.364. The molecule has 1 aromatic carbocycles. The normalized spacial score (nSPS) is 11.2. The minimum Gasteiger partial charge on any atom is -0.328 e. The van der Waals surface area contributed by atoms with Crippen LogP contribution in [0.25, 0.3) is 11.0 Å². The van der Waals surface area contributed by atoms with Gasteiger partial charge in [0.1, 0.15) is 11.6 Å². The maximum atomic E-state index is 13.5. The van der Waals surface area contributed by atoms with E-state index in [1.54, 1.807) is 12.1 Å². The molecule has 0 atom stereocenters. The highest BCUT2D eigenvalue weighted by atomic mass is 127. The van der Waals surface area contributed by atoms with Crippen LogP contribution in [0.1, 0.15) is 12.7 Å². The van der Waals surface area contributed by atoms with E-state index in [0.717, 1.165) is 23.4 Å². The fourth-order valence-electron chi connectivity index (χ4n) is 1.80. The average Bonchev–Trinajstić information content (AvgIpc) is 2.56. The van der Waals surface area contributed by atoms with Crippen molar-refractivity contribution in [2.75, 3.05) is 5.88 Å². The standard InChI is InChI=1S/C11H11ClFIN2/c1-2-16-10-5-7(13)8(14)6-9(10)15-11(16)3-4-12/h5-6H,2-4H2,1H3. The van der Waals surface area contributed by atoms with Gasteiger partial charge in [-0.15, -0.1) is 11.6 Å². The van der Waals surface area contributed by atoms with Crippen LogP contribution in [0.3, 0.4) is 0 Å². The van der Waals surface area contributed by atoms with Crippen molar-refractivity contribution in [3.8, 4) is 0 Å². The van der Waals surface area contributed by atoms with Gasteiger partial charge >= 0.3 is 0 Å². The highest BCUT2D eigenvalue weighted by molar-refractivity contribution is 14.1. The zero-order valence-electron chi connectivity index (χ0n) is 8.80. The number of rotatable bonds is 3. The van der Waals surface area contributed by atoms with E-state index >= 15 is 0 Å². The van der Waals surface area contributed by atoms with Gasteiger partial charge in [0.2, 0.25) is 0 Å². The second kappa shape index (κ2) is 4.87. The quantitative estimate of drug-likeness (QED) is 0.610. The minimum absolute atomic E-state index is 0.194. The molecule has 16 heavy (non-hydrogen) atoms. The van der Waals surface area contributed by atoms with E-state index in [9.17, 15) is 4.39 Å². The number of hydrogen-bond acceptors (Lipinski definition) is 1. The largest absolute Gasteiger partial charge is 0.328 e. The number of alkyl halides is 1. The van der Waals surface area contributed by atoms with Gasteiger partial charge in [-0.1, -0.05) is 0 Å². The van der Waals surface area contributed by atoms with E-state index < -0.39 is 0 Å². The summed E-state index contributed by atoms with van der Waals surface area (Å²) in [7, 11) is 0. The Hall–Kier alpha value is -0.360. The number of imidazole rings is 1. The molecule has 0 amide bonds. The Labute approximate surface area is 112 Å². The molecular weight excluding hydrogens is 341 g/mol. The lowest BCUT2D eigenvalue weighted by Gasteiger charge is -2.04. The molecule has 0 saturated heterocycles. The first-order chi connectivity index (χ1) is 7.67. The SMILES string of the molecule is CCn1c(CCCl)nc2cc(I)c(F)cc21. The van der Waals surface area contributed by atoms with Crippen molar-refractivity contribution in [3.63, 3.8) is 0 Å². The number of hydrogen-bond donors (Lipinski definition) is 0. The molecule has 0 bridgehead atoms. The summed E-state index contributed by atoms with van der Waals surface area (Å²) in [4.78, 5) is 4.48. The number of halogens is 3. The first kappa shape index (κ1) is 12.1. The molecule has 0 aliphatic rings. The van der Waals surface area contributed by atoms with Crippen molar-refractivity contribution < 1.29 is 4.39 Å². The molecule has 0 aliphatic heterocycles. The van der Waals surface area contributed by atoms with E-state index in [4.69, 9.17) is 11.6 Å². The third-order valence-electron chi connectivity index (χ3n) is 2.50. The minimum atomic E-state index is -0.194. The van der Waals surface area contributed by atoms with E-state index in [0.29, 0.717) is 15.9 Å². The lowest BCUT2D eigenvalue weighted by atomic mass is 10.3. The molecule has 2 nitrogen and oxygen atoms in total. The molecule has 2 rings (SSSR count). The maximum Gasteiger partial charge on any atom is 0.138 e. The van der Waals surface area contributed by atoms with E-state index in [1.807, 2.05) is 34.1 Å². The van der Waals surface area contributed by atoms with Crippen LogP contribution in [0.4, 0.5) is 4.39 Å². The Balaban J connectivity index is 2.67. The number of aromatic nitrogens is 2. The van der Waals surface area contributed by atoms with Crippen LogP contribution in [-0.2, 0) is 13.0 Å². The first-order valence-electron chi connectivity index (χ1n) is 5.07. The zero-order valence-corrected chi connectivity index (χ0v) is 11.7.